The minimum absolute atomic E-state index is 0.187. The molecular formula is C21H20N4O4S. The number of para-hydroxylation sites is 1. The lowest BCUT2D eigenvalue weighted by Crippen LogP contribution is -2.04. The Morgan fingerprint density at radius 3 is 2.37 bits per heavy atom. The molecule has 0 atom stereocenters. The van der Waals surface area contributed by atoms with Gasteiger partial charge in [-0.3, -0.25) is 0 Å². The van der Waals surface area contributed by atoms with Crippen LogP contribution in [-0.2, 0) is 9.47 Å². The van der Waals surface area contributed by atoms with Gasteiger partial charge in [0.25, 0.3) is 0 Å². The number of azo groups is 1. The van der Waals surface area contributed by atoms with Crippen molar-refractivity contribution in [2.24, 2.45) is 10.2 Å². The molecule has 0 saturated heterocycles. The Hall–Kier alpha value is -3.72. The second-order valence-corrected chi connectivity index (χ2v) is 6.99. The number of anilines is 3. The van der Waals surface area contributed by atoms with Gasteiger partial charge in [0.15, 0.2) is 0 Å². The van der Waals surface area contributed by atoms with Gasteiger partial charge >= 0.3 is 11.9 Å². The molecule has 1 heterocycles. The predicted molar refractivity (Wildman–Crippen MR) is 116 cm³/mol. The van der Waals surface area contributed by atoms with Crippen LogP contribution in [0.3, 0.4) is 0 Å². The quantitative estimate of drug-likeness (QED) is 0.385. The van der Waals surface area contributed by atoms with E-state index in [2.05, 4.69) is 20.3 Å². The molecule has 2 aromatic carbocycles. The fourth-order valence-corrected chi connectivity index (χ4v) is 3.48. The van der Waals surface area contributed by atoms with Gasteiger partial charge < -0.3 is 20.5 Å². The second kappa shape index (κ2) is 9.66. The van der Waals surface area contributed by atoms with E-state index >= 15 is 0 Å². The summed E-state index contributed by atoms with van der Waals surface area (Å²) >= 11 is 1.15. The summed E-state index contributed by atoms with van der Waals surface area (Å²) in [7, 11) is 1.32. The molecule has 0 saturated carbocycles. The Balaban J connectivity index is 1.93. The summed E-state index contributed by atoms with van der Waals surface area (Å²) in [5.74, 6) is -0.950. The average Bonchev–Trinajstić information content (AvgIpc) is 3.08. The average molecular weight is 424 g/mol. The van der Waals surface area contributed by atoms with Crippen molar-refractivity contribution in [2.75, 3.05) is 24.8 Å². The maximum absolute atomic E-state index is 12.3. The topological polar surface area (TPSA) is 115 Å². The van der Waals surface area contributed by atoms with Crippen LogP contribution in [0.4, 0.5) is 27.8 Å². The van der Waals surface area contributed by atoms with Gasteiger partial charge in [-0.15, -0.1) is 16.5 Å². The Kier molecular flexibility index (Phi) is 6.76. The summed E-state index contributed by atoms with van der Waals surface area (Å²) in [5, 5.41) is 12.2. The number of nitrogens with zero attached hydrogens (tertiary/aromatic N) is 2. The highest BCUT2D eigenvalue weighted by Crippen LogP contribution is 2.45. The van der Waals surface area contributed by atoms with Gasteiger partial charge in [0.05, 0.1) is 30.7 Å². The van der Waals surface area contributed by atoms with Crippen molar-refractivity contribution in [3.8, 4) is 0 Å². The summed E-state index contributed by atoms with van der Waals surface area (Å²) in [6, 6.07) is 15.9. The summed E-state index contributed by atoms with van der Waals surface area (Å²) in [6.45, 7) is 1.96. The van der Waals surface area contributed by atoms with Gasteiger partial charge in [-0.2, -0.15) is 5.11 Å². The lowest BCUT2D eigenvalue weighted by Gasteiger charge is -2.04. The number of rotatable bonds is 7. The van der Waals surface area contributed by atoms with Gasteiger partial charge in [0.2, 0.25) is 0 Å². The van der Waals surface area contributed by atoms with Crippen LogP contribution in [0.25, 0.3) is 0 Å². The van der Waals surface area contributed by atoms with Crippen molar-refractivity contribution in [3.05, 3.63) is 65.0 Å². The number of hydrogen-bond acceptors (Lipinski definition) is 9. The number of benzene rings is 2. The number of methoxy groups -OCH3 is 1. The number of nitrogens with two attached hydrogens (primary N) is 1. The monoisotopic (exact) mass is 424 g/mol. The molecule has 0 aliphatic heterocycles. The molecule has 0 fully saturated rings. The fourth-order valence-electron chi connectivity index (χ4n) is 2.51. The van der Waals surface area contributed by atoms with E-state index in [1.54, 1.807) is 31.2 Å². The molecule has 0 radical (unpaired) electrons. The maximum atomic E-state index is 12.3. The van der Waals surface area contributed by atoms with E-state index in [0.717, 1.165) is 17.0 Å². The third-order valence-corrected chi connectivity index (χ3v) is 5.06. The molecule has 3 N–H and O–H groups in total. The van der Waals surface area contributed by atoms with Crippen LogP contribution in [0.5, 0.6) is 0 Å². The van der Waals surface area contributed by atoms with Crippen LogP contribution in [0.2, 0.25) is 0 Å². The van der Waals surface area contributed by atoms with E-state index in [1.165, 1.54) is 7.11 Å². The highest BCUT2D eigenvalue weighted by atomic mass is 32.1. The molecule has 0 unspecified atom stereocenters. The standard InChI is InChI=1S/C21H20N4O4S/c1-3-29-21(27)18-16(22)17(19(30-18)23-14-7-5-4-6-8-14)25-24-15-11-9-13(10-12-15)20(26)28-2/h4-12,23H,3,22H2,1-2H3. The summed E-state index contributed by atoms with van der Waals surface area (Å²) < 4.78 is 9.76. The summed E-state index contributed by atoms with van der Waals surface area (Å²) in [5.41, 5.74) is 8.44. The van der Waals surface area contributed by atoms with Crippen LogP contribution in [0, 0.1) is 0 Å². The Morgan fingerprint density at radius 2 is 1.73 bits per heavy atom. The molecule has 0 aliphatic carbocycles. The second-order valence-electron chi connectivity index (χ2n) is 5.97. The minimum Gasteiger partial charge on any atom is -0.465 e. The normalized spacial score (nSPS) is 10.7. The third-order valence-electron chi connectivity index (χ3n) is 3.97. The van der Waals surface area contributed by atoms with E-state index in [-0.39, 0.29) is 17.2 Å². The van der Waals surface area contributed by atoms with Crippen molar-refractivity contribution in [1.29, 1.82) is 0 Å². The molecule has 3 aromatic rings. The third kappa shape index (κ3) is 4.81. The zero-order valence-corrected chi connectivity index (χ0v) is 17.2. The lowest BCUT2D eigenvalue weighted by molar-refractivity contribution is 0.0532. The van der Waals surface area contributed by atoms with E-state index in [9.17, 15) is 9.59 Å². The number of nitrogen functional groups attached to an aromatic ring is 1. The molecule has 0 amide bonds. The number of carbonyl (C=O) groups excluding carboxylic acids is 2. The van der Waals surface area contributed by atoms with E-state index in [1.807, 2.05) is 30.3 Å². The number of thiophene rings is 1. The zero-order chi connectivity index (χ0) is 21.5. The van der Waals surface area contributed by atoms with Crippen molar-refractivity contribution >= 4 is 51.0 Å². The van der Waals surface area contributed by atoms with Crippen molar-refractivity contribution in [3.63, 3.8) is 0 Å². The van der Waals surface area contributed by atoms with Gasteiger partial charge in [-0.25, -0.2) is 9.59 Å². The predicted octanol–water partition coefficient (Wildman–Crippen LogP) is 5.45. The van der Waals surface area contributed by atoms with E-state index < -0.39 is 11.9 Å². The molecule has 8 nitrogen and oxygen atoms in total. The molecule has 3 rings (SSSR count). The zero-order valence-electron chi connectivity index (χ0n) is 16.4. The van der Waals surface area contributed by atoms with Crippen molar-refractivity contribution in [1.82, 2.24) is 0 Å². The molecule has 1 aromatic heterocycles. The summed E-state index contributed by atoms with van der Waals surface area (Å²) in [6.07, 6.45) is 0. The minimum atomic E-state index is -0.514. The lowest BCUT2D eigenvalue weighted by atomic mass is 10.2. The number of esters is 2. The van der Waals surface area contributed by atoms with Gasteiger partial charge in [0, 0.05) is 5.69 Å². The van der Waals surface area contributed by atoms with Crippen LogP contribution in [-0.4, -0.2) is 25.7 Å². The fraction of sp³-hybridized carbons (Fsp3) is 0.143. The van der Waals surface area contributed by atoms with E-state index in [4.69, 9.17) is 10.5 Å². The first-order valence-electron chi connectivity index (χ1n) is 9.05. The van der Waals surface area contributed by atoms with Crippen molar-refractivity contribution < 1.29 is 19.1 Å². The highest BCUT2D eigenvalue weighted by molar-refractivity contribution is 7.19. The highest BCUT2D eigenvalue weighted by Gasteiger charge is 2.22. The van der Waals surface area contributed by atoms with Gasteiger partial charge in [0.1, 0.15) is 15.6 Å². The molecule has 154 valence electrons. The van der Waals surface area contributed by atoms with Crippen molar-refractivity contribution in [2.45, 2.75) is 6.92 Å². The molecule has 9 heteroatoms. The molecular weight excluding hydrogens is 404 g/mol. The summed E-state index contributed by atoms with van der Waals surface area (Å²) in [4.78, 5) is 24.1. The maximum Gasteiger partial charge on any atom is 0.350 e. The molecule has 0 aliphatic rings. The SMILES string of the molecule is CCOC(=O)c1sc(Nc2ccccc2)c(N=Nc2ccc(C(=O)OC)cc2)c1N. The molecule has 30 heavy (non-hydrogen) atoms. The smallest absolute Gasteiger partial charge is 0.350 e. The first-order valence-corrected chi connectivity index (χ1v) is 9.86. The van der Waals surface area contributed by atoms with E-state index in [0.29, 0.717) is 21.9 Å². The number of nitrogens with one attached hydrogen (secondary N) is 1. The van der Waals surface area contributed by atoms with Gasteiger partial charge in [-0.05, 0) is 43.3 Å². The molecule has 0 bridgehead atoms. The largest absolute Gasteiger partial charge is 0.465 e. The first kappa shape index (κ1) is 21.0. The Labute approximate surface area is 177 Å². The number of carbonyl (C=O) groups is 2. The first-order chi connectivity index (χ1) is 14.5. The number of hydrogen-bond donors (Lipinski definition) is 2. The molecule has 0 spiro atoms. The number of ether oxygens (including phenoxy) is 2. The van der Waals surface area contributed by atoms with Crippen LogP contribution in [0.1, 0.15) is 27.0 Å². The van der Waals surface area contributed by atoms with Crippen LogP contribution >= 0.6 is 11.3 Å². The Morgan fingerprint density at radius 1 is 1.03 bits per heavy atom. The van der Waals surface area contributed by atoms with Crippen LogP contribution in [0.15, 0.2) is 64.8 Å². The Bertz CT molecular complexity index is 1060. The van der Waals surface area contributed by atoms with Crippen LogP contribution < -0.4 is 11.1 Å². The van der Waals surface area contributed by atoms with Gasteiger partial charge in [-0.1, -0.05) is 18.2 Å².